The molecule has 0 amide bonds. The third-order valence-electron chi connectivity index (χ3n) is 2.85. The maximum atomic E-state index is 12.7. The Morgan fingerprint density at radius 3 is 2.65 bits per heavy atom. The number of ether oxygens (including phenoxy) is 1. The molecule has 0 saturated carbocycles. The largest absolute Gasteiger partial charge is 0.485 e. The van der Waals surface area contributed by atoms with Crippen LogP contribution in [0.4, 0.5) is 4.39 Å². The van der Waals surface area contributed by atoms with Gasteiger partial charge in [0.1, 0.15) is 11.6 Å². The van der Waals surface area contributed by atoms with Gasteiger partial charge < -0.3 is 14.4 Å². The fourth-order valence-corrected chi connectivity index (χ4v) is 1.52. The zero-order valence-electron chi connectivity index (χ0n) is 11.4. The van der Waals surface area contributed by atoms with Crippen LogP contribution in [-0.4, -0.2) is 21.4 Å². The molecule has 0 radical (unpaired) electrons. The topological polar surface area (TPSA) is 68.4 Å². The smallest absolute Gasteiger partial charge is 0.229 e. The van der Waals surface area contributed by atoms with Crippen LogP contribution in [0.3, 0.4) is 0 Å². The summed E-state index contributed by atoms with van der Waals surface area (Å²) < 4.78 is 23.2. The molecule has 0 aliphatic heterocycles. The summed E-state index contributed by atoms with van der Waals surface area (Å²) in [5.74, 6) is 1.10. The summed E-state index contributed by atoms with van der Waals surface area (Å²) in [6, 6.07) is 5.68. The highest BCUT2D eigenvalue weighted by Crippen LogP contribution is 2.13. The molecule has 1 aromatic carbocycles. The SMILES string of the molecule is CC(C)C(O)Cc1nc(COc2ccc(F)cc2)no1. The molecule has 0 bridgehead atoms. The molecule has 0 aliphatic rings. The summed E-state index contributed by atoms with van der Waals surface area (Å²) in [4.78, 5) is 4.13. The molecule has 0 spiro atoms. The van der Waals surface area contributed by atoms with Crippen molar-refractivity contribution in [3.63, 3.8) is 0 Å². The van der Waals surface area contributed by atoms with E-state index in [0.717, 1.165) is 0 Å². The lowest BCUT2D eigenvalue weighted by Crippen LogP contribution is -2.17. The molecule has 0 fully saturated rings. The maximum Gasteiger partial charge on any atom is 0.229 e. The van der Waals surface area contributed by atoms with Gasteiger partial charge in [0.05, 0.1) is 12.5 Å². The quantitative estimate of drug-likeness (QED) is 0.879. The first-order valence-corrected chi connectivity index (χ1v) is 6.42. The second kappa shape index (κ2) is 6.47. The highest BCUT2D eigenvalue weighted by molar-refractivity contribution is 5.22. The average molecular weight is 280 g/mol. The van der Waals surface area contributed by atoms with Crippen LogP contribution in [-0.2, 0) is 13.0 Å². The predicted molar refractivity (Wildman–Crippen MR) is 69.6 cm³/mol. The number of nitrogens with zero attached hydrogens (tertiary/aromatic N) is 2. The molecular formula is C14H17FN2O3. The normalized spacial score (nSPS) is 12.7. The number of hydrogen-bond donors (Lipinski definition) is 1. The molecule has 1 atom stereocenters. The van der Waals surface area contributed by atoms with E-state index in [1.807, 2.05) is 13.8 Å². The molecule has 108 valence electrons. The van der Waals surface area contributed by atoms with Gasteiger partial charge in [0.2, 0.25) is 11.7 Å². The summed E-state index contributed by atoms with van der Waals surface area (Å²) in [5.41, 5.74) is 0. The summed E-state index contributed by atoms with van der Waals surface area (Å²) in [7, 11) is 0. The van der Waals surface area contributed by atoms with Gasteiger partial charge in [0.15, 0.2) is 6.61 Å². The zero-order chi connectivity index (χ0) is 14.5. The molecule has 5 nitrogen and oxygen atoms in total. The molecule has 2 aromatic rings. The van der Waals surface area contributed by atoms with Crippen LogP contribution in [0.5, 0.6) is 5.75 Å². The average Bonchev–Trinajstić information content (AvgIpc) is 2.85. The summed E-state index contributed by atoms with van der Waals surface area (Å²) in [6.45, 7) is 3.96. The van der Waals surface area contributed by atoms with Gasteiger partial charge in [-0.3, -0.25) is 0 Å². The Hall–Kier alpha value is -1.95. The first-order chi connectivity index (χ1) is 9.54. The predicted octanol–water partition coefficient (Wildman–Crippen LogP) is 2.35. The van der Waals surface area contributed by atoms with Crippen LogP contribution in [0.25, 0.3) is 0 Å². The van der Waals surface area contributed by atoms with Gasteiger partial charge >= 0.3 is 0 Å². The summed E-state index contributed by atoms with van der Waals surface area (Å²) in [5, 5.41) is 13.5. The lowest BCUT2D eigenvalue weighted by atomic mass is 10.0. The van der Waals surface area contributed by atoms with Crippen molar-refractivity contribution in [2.24, 2.45) is 5.92 Å². The Balaban J connectivity index is 1.88. The molecule has 1 aromatic heterocycles. The van der Waals surface area contributed by atoms with Gasteiger partial charge in [0.25, 0.3) is 0 Å². The van der Waals surface area contributed by atoms with E-state index in [2.05, 4.69) is 10.1 Å². The van der Waals surface area contributed by atoms with Crippen LogP contribution >= 0.6 is 0 Å². The minimum Gasteiger partial charge on any atom is -0.485 e. The van der Waals surface area contributed by atoms with E-state index in [0.29, 0.717) is 23.9 Å². The Labute approximate surface area is 116 Å². The van der Waals surface area contributed by atoms with Crippen LogP contribution in [0.1, 0.15) is 25.6 Å². The molecule has 6 heteroatoms. The number of rotatable bonds is 6. The van der Waals surface area contributed by atoms with Crippen LogP contribution < -0.4 is 4.74 Å². The molecule has 2 rings (SSSR count). The highest BCUT2D eigenvalue weighted by atomic mass is 19.1. The van der Waals surface area contributed by atoms with E-state index in [1.165, 1.54) is 24.3 Å². The Morgan fingerprint density at radius 2 is 2.00 bits per heavy atom. The minimum absolute atomic E-state index is 0.126. The number of benzene rings is 1. The Morgan fingerprint density at radius 1 is 1.30 bits per heavy atom. The van der Waals surface area contributed by atoms with E-state index in [9.17, 15) is 9.50 Å². The fourth-order valence-electron chi connectivity index (χ4n) is 1.52. The zero-order valence-corrected chi connectivity index (χ0v) is 11.4. The number of aliphatic hydroxyl groups excluding tert-OH is 1. The molecule has 1 N–H and O–H groups in total. The van der Waals surface area contributed by atoms with E-state index in [-0.39, 0.29) is 18.3 Å². The standard InChI is InChI=1S/C14H17FN2O3/c1-9(2)12(18)7-14-16-13(17-20-14)8-19-11-5-3-10(15)4-6-11/h3-6,9,12,18H,7-8H2,1-2H3. The van der Waals surface area contributed by atoms with E-state index in [1.54, 1.807) is 0 Å². The molecule has 0 saturated heterocycles. The van der Waals surface area contributed by atoms with Gasteiger partial charge in [-0.25, -0.2) is 4.39 Å². The van der Waals surface area contributed by atoms with E-state index in [4.69, 9.17) is 9.26 Å². The van der Waals surface area contributed by atoms with Crippen molar-refractivity contribution in [1.29, 1.82) is 0 Å². The van der Waals surface area contributed by atoms with Crippen molar-refractivity contribution in [3.05, 3.63) is 41.8 Å². The number of halogens is 1. The maximum absolute atomic E-state index is 12.7. The van der Waals surface area contributed by atoms with Gasteiger partial charge in [-0.1, -0.05) is 19.0 Å². The second-order valence-electron chi connectivity index (χ2n) is 4.86. The summed E-state index contributed by atoms with van der Waals surface area (Å²) in [6.07, 6.45) is -0.192. The second-order valence-corrected chi connectivity index (χ2v) is 4.86. The number of aliphatic hydroxyl groups is 1. The van der Waals surface area contributed by atoms with Gasteiger partial charge in [-0.15, -0.1) is 0 Å². The molecule has 0 aliphatic carbocycles. The number of aromatic nitrogens is 2. The Bertz CT molecular complexity index is 540. The minimum atomic E-state index is -0.513. The van der Waals surface area contributed by atoms with Crippen molar-refractivity contribution in [2.75, 3.05) is 0 Å². The molecule has 20 heavy (non-hydrogen) atoms. The van der Waals surface area contributed by atoms with Crippen molar-refractivity contribution < 1.29 is 18.8 Å². The molecule has 1 heterocycles. The Kier molecular flexibility index (Phi) is 4.68. The van der Waals surface area contributed by atoms with Crippen LogP contribution in [0.2, 0.25) is 0 Å². The van der Waals surface area contributed by atoms with Crippen molar-refractivity contribution in [1.82, 2.24) is 10.1 Å². The third-order valence-corrected chi connectivity index (χ3v) is 2.85. The van der Waals surface area contributed by atoms with Crippen LogP contribution in [0.15, 0.2) is 28.8 Å². The number of hydrogen-bond acceptors (Lipinski definition) is 5. The first kappa shape index (κ1) is 14.5. The van der Waals surface area contributed by atoms with Gasteiger partial charge in [0, 0.05) is 0 Å². The van der Waals surface area contributed by atoms with Crippen molar-refractivity contribution >= 4 is 0 Å². The van der Waals surface area contributed by atoms with Crippen molar-refractivity contribution in [2.45, 2.75) is 33.0 Å². The lowest BCUT2D eigenvalue weighted by molar-refractivity contribution is 0.116. The lowest BCUT2D eigenvalue weighted by Gasteiger charge is -2.10. The van der Waals surface area contributed by atoms with Gasteiger partial charge in [-0.05, 0) is 30.2 Å². The highest BCUT2D eigenvalue weighted by Gasteiger charge is 2.15. The molecular weight excluding hydrogens is 263 g/mol. The first-order valence-electron chi connectivity index (χ1n) is 6.42. The fraction of sp³-hybridized carbons (Fsp3) is 0.429. The van der Waals surface area contributed by atoms with Crippen molar-refractivity contribution in [3.8, 4) is 5.75 Å². The van der Waals surface area contributed by atoms with E-state index < -0.39 is 6.10 Å². The molecule has 1 unspecified atom stereocenters. The summed E-state index contributed by atoms with van der Waals surface area (Å²) >= 11 is 0. The van der Waals surface area contributed by atoms with E-state index >= 15 is 0 Å². The third kappa shape index (κ3) is 4.03. The van der Waals surface area contributed by atoms with Crippen LogP contribution in [0, 0.1) is 11.7 Å². The monoisotopic (exact) mass is 280 g/mol. The van der Waals surface area contributed by atoms with Gasteiger partial charge in [-0.2, -0.15) is 4.98 Å².